The largest absolute Gasteiger partial charge is 0.356 e. The molecule has 2 fully saturated rings. The zero-order valence-electron chi connectivity index (χ0n) is 41.2. The van der Waals surface area contributed by atoms with E-state index >= 15 is 0 Å². The standard InChI is InChI=1S/C28H38ClN3O2.C28H38FN3O2/c1-21-8-10-22(11-9-21)20-28(32(2)3)17-14-24(15-18-28)31-27(34)13-12-26(33)30-19-16-23-6-4-5-7-25(23)29;1-32(2)28(21-22-9-4-3-5-10-22)18-15-24(16-19-28)31-27(34)14-8-13-26(33)30-20-17-23-11-6-7-12-25(23)29/h4-11,24H,12-20H2,1-3H3,(H,30,33)(H,31,34);3-7,9-12,24H,8,13-21H2,1-2H3,(H,30,33)(H,31,34). The Morgan fingerprint density at radius 2 is 0.985 bits per heavy atom. The highest BCUT2D eigenvalue weighted by Crippen LogP contribution is 2.37. The number of nitrogens with one attached hydrogen (secondary N) is 4. The van der Waals surface area contributed by atoms with E-state index in [-0.39, 0.29) is 65.4 Å². The number of amides is 4. The summed E-state index contributed by atoms with van der Waals surface area (Å²) >= 11 is 6.15. The second-order valence-electron chi connectivity index (χ2n) is 19.5. The van der Waals surface area contributed by atoms with Crippen molar-refractivity contribution in [2.24, 2.45) is 0 Å². The number of benzene rings is 4. The summed E-state index contributed by atoms with van der Waals surface area (Å²) in [6.07, 6.45) is 12.8. The number of aryl methyl sites for hydroxylation is 1. The molecule has 68 heavy (non-hydrogen) atoms. The molecular formula is C56H76ClFN6O4. The summed E-state index contributed by atoms with van der Waals surface area (Å²) < 4.78 is 13.6. The van der Waals surface area contributed by atoms with Gasteiger partial charge in [0, 0.05) is 67.0 Å². The molecular weight excluding hydrogens is 875 g/mol. The predicted octanol–water partition coefficient (Wildman–Crippen LogP) is 8.95. The molecule has 12 heteroatoms. The highest BCUT2D eigenvalue weighted by atomic mass is 35.5. The average molecular weight is 952 g/mol. The molecule has 0 unspecified atom stereocenters. The van der Waals surface area contributed by atoms with Gasteiger partial charge in [0.05, 0.1) is 0 Å². The normalized spacial score (nSPS) is 20.2. The van der Waals surface area contributed by atoms with Crippen LogP contribution in [0.1, 0.15) is 111 Å². The van der Waals surface area contributed by atoms with Gasteiger partial charge in [-0.25, -0.2) is 4.39 Å². The summed E-state index contributed by atoms with van der Waals surface area (Å²) in [7, 11) is 8.64. The van der Waals surface area contributed by atoms with Gasteiger partial charge in [0.25, 0.3) is 0 Å². The quantitative estimate of drug-likeness (QED) is 0.0662. The lowest BCUT2D eigenvalue weighted by Gasteiger charge is -2.45. The maximum atomic E-state index is 13.6. The van der Waals surface area contributed by atoms with Gasteiger partial charge < -0.3 is 31.1 Å². The van der Waals surface area contributed by atoms with Crippen LogP contribution < -0.4 is 21.3 Å². The molecule has 4 aromatic carbocycles. The van der Waals surface area contributed by atoms with E-state index in [0.29, 0.717) is 55.8 Å². The summed E-state index contributed by atoms with van der Waals surface area (Å²) in [6, 6.07) is 34.0. The third-order valence-corrected chi connectivity index (χ3v) is 14.6. The number of carbonyl (C=O) groups is 4. The van der Waals surface area contributed by atoms with Crippen LogP contribution in [-0.4, -0.2) is 97.9 Å². The fourth-order valence-corrected chi connectivity index (χ4v) is 9.94. The van der Waals surface area contributed by atoms with E-state index in [2.05, 4.69) is 115 Å². The van der Waals surface area contributed by atoms with Crippen LogP contribution in [-0.2, 0) is 44.9 Å². The molecule has 4 N–H and O–H groups in total. The molecule has 0 aliphatic heterocycles. The first-order valence-electron chi connectivity index (χ1n) is 24.7. The first kappa shape index (κ1) is 53.8. The van der Waals surface area contributed by atoms with Crippen LogP contribution in [0.3, 0.4) is 0 Å². The summed E-state index contributed by atoms with van der Waals surface area (Å²) in [5.41, 5.74) is 5.85. The van der Waals surface area contributed by atoms with Crippen LogP contribution in [0.15, 0.2) is 103 Å². The Hall–Kier alpha value is -5.10. The van der Waals surface area contributed by atoms with Crippen LogP contribution in [0.25, 0.3) is 0 Å². The highest BCUT2D eigenvalue weighted by Gasteiger charge is 2.39. The van der Waals surface area contributed by atoms with Gasteiger partial charge in [0.15, 0.2) is 0 Å². The van der Waals surface area contributed by atoms with E-state index in [4.69, 9.17) is 11.6 Å². The van der Waals surface area contributed by atoms with Crippen molar-refractivity contribution in [1.82, 2.24) is 31.1 Å². The molecule has 0 heterocycles. The van der Waals surface area contributed by atoms with E-state index in [1.807, 2.05) is 30.3 Å². The maximum absolute atomic E-state index is 13.6. The van der Waals surface area contributed by atoms with Crippen molar-refractivity contribution in [3.8, 4) is 0 Å². The number of hydrogen-bond donors (Lipinski definition) is 4. The second kappa shape index (κ2) is 27.2. The lowest BCUT2D eigenvalue weighted by atomic mass is 9.74. The van der Waals surface area contributed by atoms with Crippen molar-refractivity contribution >= 4 is 35.2 Å². The topological polar surface area (TPSA) is 123 Å². The summed E-state index contributed by atoms with van der Waals surface area (Å²) in [4.78, 5) is 53.8. The number of hydrogen-bond acceptors (Lipinski definition) is 6. The zero-order chi connectivity index (χ0) is 48.9. The highest BCUT2D eigenvalue weighted by molar-refractivity contribution is 6.31. The zero-order valence-corrected chi connectivity index (χ0v) is 41.9. The molecule has 0 radical (unpaired) electrons. The van der Waals surface area contributed by atoms with Gasteiger partial charge in [-0.2, -0.15) is 0 Å². The van der Waals surface area contributed by atoms with Crippen molar-refractivity contribution < 1.29 is 23.6 Å². The lowest BCUT2D eigenvalue weighted by molar-refractivity contribution is -0.127. The number of carbonyl (C=O) groups excluding carboxylic acids is 4. The summed E-state index contributed by atoms with van der Waals surface area (Å²) in [5, 5.41) is 12.7. The predicted molar refractivity (Wildman–Crippen MR) is 273 cm³/mol. The number of halogens is 2. The van der Waals surface area contributed by atoms with Gasteiger partial charge in [-0.15, -0.1) is 0 Å². The van der Waals surface area contributed by atoms with Crippen molar-refractivity contribution in [1.29, 1.82) is 0 Å². The molecule has 2 aliphatic rings. The molecule has 0 saturated heterocycles. The Morgan fingerprint density at radius 1 is 0.559 bits per heavy atom. The molecule has 0 spiro atoms. The van der Waals surface area contributed by atoms with Gasteiger partial charge in [0.2, 0.25) is 23.6 Å². The number of rotatable bonds is 21. The van der Waals surface area contributed by atoms with Crippen molar-refractivity contribution in [3.63, 3.8) is 0 Å². The van der Waals surface area contributed by atoms with Crippen molar-refractivity contribution in [3.05, 3.63) is 142 Å². The first-order valence-corrected chi connectivity index (χ1v) is 25.1. The minimum atomic E-state index is -0.251. The maximum Gasteiger partial charge on any atom is 0.220 e. The Morgan fingerprint density at radius 3 is 1.51 bits per heavy atom. The van der Waals surface area contributed by atoms with Crippen molar-refractivity contribution in [2.75, 3.05) is 41.3 Å². The molecule has 0 bridgehead atoms. The third-order valence-electron chi connectivity index (χ3n) is 14.2. The van der Waals surface area contributed by atoms with Gasteiger partial charge >= 0.3 is 0 Å². The fraction of sp³-hybridized carbons (Fsp3) is 0.500. The van der Waals surface area contributed by atoms with Gasteiger partial charge in [-0.05, 0) is 153 Å². The van der Waals surface area contributed by atoms with Crippen LogP contribution in [0.2, 0.25) is 5.02 Å². The molecule has 2 aliphatic carbocycles. The minimum absolute atomic E-state index is 0.0181. The van der Waals surface area contributed by atoms with E-state index < -0.39 is 0 Å². The molecule has 368 valence electrons. The molecule has 10 nitrogen and oxygen atoms in total. The fourth-order valence-electron chi connectivity index (χ4n) is 9.71. The van der Waals surface area contributed by atoms with Gasteiger partial charge in [-0.3, -0.25) is 19.2 Å². The summed E-state index contributed by atoms with van der Waals surface area (Å²) in [6.45, 7) is 3.02. The molecule has 0 aromatic heterocycles. The lowest BCUT2D eigenvalue weighted by Crippen LogP contribution is -2.52. The number of nitrogens with zero attached hydrogens (tertiary/aromatic N) is 2. The van der Waals surface area contributed by atoms with Crippen LogP contribution in [0.4, 0.5) is 4.39 Å². The van der Waals surface area contributed by atoms with Crippen LogP contribution in [0.5, 0.6) is 0 Å². The van der Waals surface area contributed by atoms with E-state index in [1.54, 1.807) is 18.2 Å². The average Bonchev–Trinajstić information content (AvgIpc) is 3.32. The third kappa shape index (κ3) is 17.5. The monoisotopic (exact) mass is 951 g/mol. The Labute approximate surface area is 410 Å². The SMILES string of the molecule is CN(C)C1(Cc2ccccc2)CCC(NC(=O)CCCC(=O)NCCc2ccccc2F)CC1.Cc1ccc(CC2(N(C)C)CCC(NC(=O)CCC(=O)NCCc3ccccc3Cl)CC2)cc1. The van der Waals surface area contributed by atoms with Crippen LogP contribution >= 0.6 is 11.6 Å². The Kier molecular flexibility index (Phi) is 21.5. The van der Waals surface area contributed by atoms with Crippen LogP contribution in [0, 0.1) is 12.7 Å². The molecule has 2 saturated carbocycles. The van der Waals surface area contributed by atoms with E-state index in [1.165, 1.54) is 22.8 Å². The second-order valence-corrected chi connectivity index (χ2v) is 19.9. The first-order chi connectivity index (χ1) is 32.6. The van der Waals surface area contributed by atoms with Crippen molar-refractivity contribution in [2.45, 2.75) is 139 Å². The summed E-state index contributed by atoms with van der Waals surface area (Å²) in [5.74, 6) is -0.472. The molecule has 4 amide bonds. The van der Waals surface area contributed by atoms with Gasteiger partial charge in [-0.1, -0.05) is 108 Å². The smallest absolute Gasteiger partial charge is 0.220 e. The van der Waals surface area contributed by atoms with E-state index in [9.17, 15) is 23.6 Å². The molecule has 6 rings (SSSR count). The van der Waals surface area contributed by atoms with E-state index in [0.717, 1.165) is 69.8 Å². The van der Waals surface area contributed by atoms with Gasteiger partial charge in [0.1, 0.15) is 5.82 Å². The Balaban J connectivity index is 0.000000254. The number of likely N-dealkylation sites (N-methyl/N-ethyl adjacent to an activating group) is 2. The molecule has 4 aromatic rings. The molecule has 0 atom stereocenters. The minimum Gasteiger partial charge on any atom is -0.356 e. The Bertz CT molecular complexity index is 2190.